The van der Waals surface area contributed by atoms with Crippen molar-refractivity contribution in [2.75, 3.05) is 0 Å². The second-order valence-corrected chi connectivity index (χ2v) is 8.67. The molecule has 0 spiro atoms. The van der Waals surface area contributed by atoms with Crippen molar-refractivity contribution in [3.63, 3.8) is 0 Å². The van der Waals surface area contributed by atoms with E-state index in [2.05, 4.69) is 121 Å². The first kappa shape index (κ1) is 18.6. The molecule has 5 aromatic rings. The maximum Gasteiger partial charge on any atom is 0.292 e. The lowest BCUT2D eigenvalue weighted by Gasteiger charge is -2.06. The van der Waals surface area contributed by atoms with E-state index < -0.39 is 0 Å². The molecule has 0 aliphatic carbocycles. The molecule has 5 rings (SSSR count). The van der Waals surface area contributed by atoms with Crippen molar-refractivity contribution in [3.8, 4) is 11.4 Å². The average molecular weight is 397 g/mol. The molecule has 0 bridgehead atoms. The summed E-state index contributed by atoms with van der Waals surface area (Å²) < 4.78 is 8.91. The number of aryl methyl sites for hydroxylation is 6. The van der Waals surface area contributed by atoms with Gasteiger partial charge in [0.15, 0.2) is 0 Å². The first-order chi connectivity index (χ1) is 14.3. The Morgan fingerprint density at radius 3 is 1.20 bits per heavy atom. The maximum atomic E-state index is 2.25. The topological polar surface area (TPSA) is 16.6 Å². The molecule has 0 N–H and O–H groups in total. The first-order valence-corrected chi connectivity index (χ1v) is 10.4. The second kappa shape index (κ2) is 6.56. The highest BCUT2D eigenvalue weighted by molar-refractivity contribution is 5.53. The minimum atomic E-state index is 1.15. The Morgan fingerprint density at radius 1 is 0.533 bits per heavy atom. The molecule has 0 saturated heterocycles. The highest BCUT2D eigenvalue weighted by Crippen LogP contribution is 2.19. The van der Waals surface area contributed by atoms with Crippen LogP contribution in [0.25, 0.3) is 22.4 Å². The summed E-state index contributed by atoms with van der Waals surface area (Å²) in [6.07, 6.45) is 8.76. The quantitative estimate of drug-likeness (QED) is 0.388. The smallest absolute Gasteiger partial charge is 0.198 e. The van der Waals surface area contributed by atoms with Crippen LogP contribution in [0.2, 0.25) is 0 Å². The summed E-state index contributed by atoms with van der Waals surface area (Å²) in [5.74, 6) is 0. The Hall–Kier alpha value is -3.40. The van der Waals surface area contributed by atoms with Gasteiger partial charge >= 0.3 is 0 Å². The van der Waals surface area contributed by atoms with Crippen molar-refractivity contribution in [2.45, 2.75) is 41.5 Å². The van der Waals surface area contributed by atoms with E-state index in [1.807, 2.05) is 0 Å². The lowest BCUT2D eigenvalue weighted by atomic mass is 10.1. The molecule has 0 unspecified atom stereocenters. The standard InChI is InChI=1S/C26H28N4/c1-17-9-19(3)25(20(4)10-17)27-13-23-7-8-24-14-28(16-30(24)29(23)15-27)26-21(5)11-18(2)12-22(26)6/h7-16H,1-6H3/q+2. The SMILES string of the molecule is Cc1cc(C)c(-[n+]2cc3ccc4c[n+](-c5c(C)cc(C)cc5C)cn4n3c2)c(C)c1. The monoisotopic (exact) mass is 396 g/mol. The molecule has 0 aliphatic heterocycles. The highest BCUT2D eigenvalue weighted by atomic mass is 15.4. The van der Waals surface area contributed by atoms with E-state index in [9.17, 15) is 0 Å². The van der Waals surface area contributed by atoms with E-state index in [-0.39, 0.29) is 0 Å². The van der Waals surface area contributed by atoms with Crippen LogP contribution in [0.3, 0.4) is 0 Å². The van der Waals surface area contributed by atoms with Gasteiger partial charge in [0.25, 0.3) is 12.7 Å². The van der Waals surface area contributed by atoms with E-state index in [0.717, 1.165) is 11.0 Å². The number of benzene rings is 2. The summed E-state index contributed by atoms with van der Waals surface area (Å²) >= 11 is 0. The first-order valence-electron chi connectivity index (χ1n) is 10.4. The fourth-order valence-electron chi connectivity index (χ4n) is 5.01. The normalized spacial score (nSPS) is 11.7. The van der Waals surface area contributed by atoms with E-state index in [0.29, 0.717) is 0 Å². The number of fused-ring (bicyclic) bond motifs is 3. The predicted octanol–water partition coefficient (Wildman–Crippen LogP) is 4.60. The molecule has 0 aliphatic rings. The van der Waals surface area contributed by atoms with Gasteiger partial charge in [-0.3, -0.25) is 0 Å². The Kier molecular flexibility index (Phi) is 4.07. The molecule has 0 saturated carbocycles. The number of hydrogen-bond acceptors (Lipinski definition) is 0. The van der Waals surface area contributed by atoms with Crippen LogP contribution in [-0.2, 0) is 0 Å². The molecular formula is C26H28N4+2. The fraction of sp³-hybridized carbons (Fsp3) is 0.231. The second-order valence-electron chi connectivity index (χ2n) is 8.67. The third kappa shape index (κ3) is 2.83. The van der Waals surface area contributed by atoms with Crippen LogP contribution in [0, 0.1) is 41.5 Å². The zero-order chi connectivity index (χ0) is 21.2. The van der Waals surface area contributed by atoms with Gasteiger partial charge in [-0.05, 0) is 85.0 Å². The van der Waals surface area contributed by atoms with Crippen LogP contribution < -0.4 is 9.13 Å². The van der Waals surface area contributed by atoms with Crippen molar-refractivity contribution < 1.29 is 9.13 Å². The highest BCUT2D eigenvalue weighted by Gasteiger charge is 2.21. The van der Waals surface area contributed by atoms with Gasteiger partial charge in [-0.1, -0.05) is 35.4 Å². The molecule has 3 heterocycles. The summed E-state index contributed by atoms with van der Waals surface area (Å²) in [4.78, 5) is 0. The number of rotatable bonds is 2. The third-order valence-corrected chi connectivity index (χ3v) is 5.98. The van der Waals surface area contributed by atoms with Gasteiger partial charge in [0, 0.05) is 0 Å². The summed E-state index contributed by atoms with van der Waals surface area (Å²) in [6, 6.07) is 13.4. The molecule has 0 fully saturated rings. The Balaban J connectivity index is 1.73. The number of imidazole rings is 2. The van der Waals surface area contributed by atoms with Gasteiger partial charge in [-0.15, -0.1) is 0 Å². The number of nitrogens with zero attached hydrogens (tertiary/aromatic N) is 4. The molecule has 0 amide bonds. The Labute approximate surface area is 177 Å². The van der Waals surface area contributed by atoms with E-state index in [1.165, 1.54) is 44.8 Å². The third-order valence-electron chi connectivity index (χ3n) is 5.98. The number of hydrogen-bond donors (Lipinski definition) is 0. The van der Waals surface area contributed by atoms with Crippen LogP contribution in [-0.4, -0.2) is 9.03 Å². The molecule has 2 aromatic carbocycles. The van der Waals surface area contributed by atoms with Crippen molar-refractivity contribution >= 4 is 11.0 Å². The van der Waals surface area contributed by atoms with E-state index in [4.69, 9.17) is 0 Å². The van der Waals surface area contributed by atoms with Crippen molar-refractivity contribution in [3.05, 3.63) is 94.8 Å². The Bertz CT molecular complexity index is 1290. The minimum Gasteiger partial charge on any atom is -0.198 e. The van der Waals surface area contributed by atoms with Crippen LogP contribution in [0.15, 0.2) is 61.4 Å². The van der Waals surface area contributed by atoms with Gasteiger partial charge in [0.2, 0.25) is 11.0 Å². The average Bonchev–Trinajstić information content (AvgIpc) is 3.23. The zero-order valence-electron chi connectivity index (χ0n) is 18.6. The van der Waals surface area contributed by atoms with Crippen molar-refractivity contribution in [2.24, 2.45) is 0 Å². The molecule has 0 radical (unpaired) electrons. The zero-order valence-corrected chi connectivity index (χ0v) is 18.6. The van der Waals surface area contributed by atoms with Crippen LogP contribution >= 0.6 is 0 Å². The van der Waals surface area contributed by atoms with Crippen LogP contribution in [0.5, 0.6) is 0 Å². The van der Waals surface area contributed by atoms with Gasteiger partial charge in [0.05, 0.1) is 0 Å². The van der Waals surface area contributed by atoms with E-state index in [1.54, 1.807) is 0 Å². The predicted molar refractivity (Wildman–Crippen MR) is 120 cm³/mol. The van der Waals surface area contributed by atoms with E-state index >= 15 is 0 Å². The molecule has 30 heavy (non-hydrogen) atoms. The lowest BCUT2D eigenvalue weighted by molar-refractivity contribution is -0.597. The molecule has 0 atom stereocenters. The lowest BCUT2D eigenvalue weighted by Crippen LogP contribution is -2.31. The maximum absolute atomic E-state index is 2.25. The summed E-state index contributed by atoms with van der Waals surface area (Å²) in [6.45, 7) is 13.1. The summed E-state index contributed by atoms with van der Waals surface area (Å²) in [5.41, 5.74) is 12.6. The van der Waals surface area contributed by atoms with Gasteiger partial charge in [-0.25, -0.2) is 0 Å². The molecule has 3 aromatic heterocycles. The van der Waals surface area contributed by atoms with Gasteiger partial charge in [0.1, 0.15) is 23.8 Å². The van der Waals surface area contributed by atoms with Crippen LogP contribution in [0.4, 0.5) is 0 Å². The van der Waals surface area contributed by atoms with Crippen molar-refractivity contribution in [1.82, 2.24) is 9.03 Å². The summed E-state index contributed by atoms with van der Waals surface area (Å²) in [5, 5.41) is 0. The fourth-order valence-corrected chi connectivity index (χ4v) is 5.01. The molecule has 150 valence electrons. The molecular weight excluding hydrogens is 368 g/mol. The van der Waals surface area contributed by atoms with Gasteiger partial charge < -0.3 is 0 Å². The Morgan fingerprint density at radius 2 is 0.867 bits per heavy atom. The van der Waals surface area contributed by atoms with Crippen LogP contribution in [0.1, 0.15) is 33.4 Å². The molecule has 4 heteroatoms. The molecule has 4 nitrogen and oxygen atoms in total. The van der Waals surface area contributed by atoms with Gasteiger partial charge in [-0.2, -0.15) is 9.13 Å². The number of aromatic nitrogens is 4. The summed E-state index contributed by atoms with van der Waals surface area (Å²) in [7, 11) is 0. The minimum absolute atomic E-state index is 1.15. The largest absolute Gasteiger partial charge is 0.292 e. The van der Waals surface area contributed by atoms with Crippen molar-refractivity contribution in [1.29, 1.82) is 0 Å².